The van der Waals surface area contributed by atoms with Crippen LogP contribution in [0.15, 0.2) is 24.3 Å². The van der Waals surface area contributed by atoms with E-state index in [-0.39, 0.29) is 11.2 Å². The topological polar surface area (TPSA) is 78.9 Å². The van der Waals surface area contributed by atoms with Crippen LogP contribution in [0.4, 0.5) is 4.79 Å². The summed E-state index contributed by atoms with van der Waals surface area (Å²) in [5, 5.41) is 13.0. The maximum Gasteiger partial charge on any atom is 0.407 e. The molecule has 2 rings (SSSR count). The van der Waals surface area contributed by atoms with Crippen molar-refractivity contribution in [2.75, 3.05) is 26.2 Å². The van der Waals surface area contributed by atoms with Crippen molar-refractivity contribution in [1.29, 1.82) is 0 Å². The van der Waals surface area contributed by atoms with Crippen molar-refractivity contribution in [3.63, 3.8) is 0 Å². The van der Waals surface area contributed by atoms with Crippen LogP contribution in [0.25, 0.3) is 0 Å². The molecule has 1 unspecified atom stereocenters. The number of ether oxygens (including phenoxy) is 1. The molecule has 0 spiro atoms. The predicted molar refractivity (Wildman–Crippen MR) is 96.3 cm³/mol. The first-order valence-corrected chi connectivity index (χ1v) is 8.62. The molecule has 1 atom stereocenters. The number of hydrogen-bond acceptors (Lipinski definition) is 4. The molecule has 1 amide bonds. The molecule has 25 heavy (non-hydrogen) atoms. The normalized spacial score (nSPS) is 21.0. The van der Waals surface area contributed by atoms with Crippen molar-refractivity contribution in [1.82, 2.24) is 10.2 Å². The van der Waals surface area contributed by atoms with Crippen LogP contribution >= 0.6 is 0 Å². The Morgan fingerprint density at radius 2 is 2.08 bits per heavy atom. The zero-order valence-corrected chi connectivity index (χ0v) is 15.5. The van der Waals surface area contributed by atoms with Gasteiger partial charge in [-0.1, -0.05) is 32.9 Å². The van der Waals surface area contributed by atoms with E-state index in [4.69, 9.17) is 4.74 Å². The number of Topliss-reactive ketones (excluding diaryl/α,β-unsaturated/α-hetero) is 1. The summed E-state index contributed by atoms with van der Waals surface area (Å²) in [5.41, 5.74) is -0.187. The average Bonchev–Trinajstić information content (AvgIpc) is 2.54. The number of amides is 1. The van der Waals surface area contributed by atoms with Crippen LogP contribution in [0.1, 0.15) is 44.5 Å². The number of carbonyl (C=O) groups is 2. The van der Waals surface area contributed by atoms with Gasteiger partial charge in [0.05, 0.1) is 12.1 Å². The Hall–Kier alpha value is -2.08. The van der Waals surface area contributed by atoms with E-state index in [0.717, 1.165) is 0 Å². The second-order valence-electron chi connectivity index (χ2n) is 7.58. The fraction of sp³-hybridized carbons (Fsp3) is 0.579. The fourth-order valence-corrected chi connectivity index (χ4v) is 3.49. The van der Waals surface area contributed by atoms with E-state index < -0.39 is 11.6 Å². The van der Waals surface area contributed by atoms with Gasteiger partial charge >= 0.3 is 6.09 Å². The highest BCUT2D eigenvalue weighted by Crippen LogP contribution is 2.39. The average molecular weight is 348 g/mol. The van der Waals surface area contributed by atoms with Crippen LogP contribution in [-0.4, -0.2) is 53.7 Å². The van der Waals surface area contributed by atoms with Crippen LogP contribution < -0.4 is 10.1 Å². The van der Waals surface area contributed by atoms with E-state index in [1.165, 1.54) is 6.92 Å². The monoisotopic (exact) mass is 348 g/mol. The highest BCUT2D eigenvalue weighted by atomic mass is 16.5. The molecule has 1 saturated heterocycles. The predicted octanol–water partition coefficient (Wildman–Crippen LogP) is 3.03. The molecule has 138 valence electrons. The van der Waals surface area contributed by atoms with Crippen molar-refractivity contribution < 1.29 is 19.4 Å². The molecule has 1 aliphatic rings. The summed E-state index contributed by atoms with van der Waals surface area (Å²) >= 11 is 0. The molecular formula is C19H28N2O4. The molecule has 6 nitrogen and oxygen atoms in total. The van der Waals surface area contributed by atoms with Crippen molar-refractivity contribution in [2.24, 2.45) is 5.41 Å². The van der Waals surface area contributed by atoms with E-state index in [2.05, 4.69) is 26.1 Å². The van der Waals surface area contributed by atoms with E-state index in [0.29, 0.717) is 44.0 Å². The molecule has 0 saturated carbocycles. The first kappa shape index (κ1) is 19.2. The third kappa shape index (κ3) is 4.12. The lowest BCUT2D eigenvalue weighted by atomic mass is 9.69. The van der Waals surface area contributed by atoms with Gasteiger partial charge in [-0.05, 0) is 24.5 Å². The molecule has 2 N–H and O–H groups in total. The molecule has 0 radical (unpaired) electrons. The van der Waals surface area contributed by atoms with Gasteiger partial charge in [-0.2, -0.15) is 0 Å². The van der Waals surface area contributed by atoms with Crippen LogP contribution in [-0.2, 0) is 0 Å². The van der Waals surface area contributed by atoms with Crippen molar-refractivity contribution in [2.45, 2.75) is 39.7 Å². The van der Waals surface area contributed by atoms with Gasteiger partial charge in [0, 0.05) is 31.6 Å². The number of nitrogens with one attached hydrogen (secondary N) is 1. The lowest BCUT2D eigenvalue weighted by Gasteiger charge is -2.53. The second kappa shape index (κ2) is 7.44. The Labute approximate surface area is 149 Å². The van der Waals surface area contributed by atoms with Crippen LogP contribution in [0.3, 0.4) is 0 Å². The molecule has 0 aliphatic carbocycles. The lowest BCUT2D eigenvalue weighted by molar-refractivity contribution is -0.0271. The third-order valence-electron chi connectivity index (χ3n) is 5.10. The molecule has 1 aliphatic heterocycles. The smallest absolute Gasteiger partial charge is 0.407 e. The standard InChI is InChI=1S/C19H28N2O4/c1-14(22)15-6-5-7-16(12-15)25-11-8-19(18(2,3)4)13-20-9-10-21(19)17(23)24/h5-7,12,20H,8-11,13H2,1-4H3,(H,23,24). The van der Waals surface area contributed by atoms with Crippen molar-refractivity contribution in [3.05, 3.63) is 29.8 Å². The number of rotatable bonds is 5. The second-order valence-corrected chi connectivity index (χ2v) is 7.58. The zero-order chi connectivity index (χ0) is 18.7. The summed E-state index contributed by atoms with van der Waals surface area (Å²) < 4.78 is 5.85. The molecule has 0 bridgehead atoms. The summed E-state index contributed by atoms with van der Waals surface area (Å²) in [6, 6.07) is 7.07. The minimum Gasteiger partial charge on any atom is -0.493 e. The molecule has 6 heteroatoms. The minimum atomic E-state index is -0.894. The summed E-state index contributed by atoms with van der Waals surface area (Å²) in [6.45, 7) is 9.80. The van der Waals surface area contributed by atoms with Gasteiger partial charge in [0.1, 0.15) is 5.75 Å². The number of piperazine rings is 1. The Morgan fingerprint density at radius 1 is 1.36 bits per heavy atom. The number of nitrogens with zero attached hydrogens (tertiary/aromatic N) is 1. The first-order chi connectivity index (χ1) is 11.7. The summed E-state index contributed by atoms with van der Waals surface area (Å²) in [5.74, 6) is 0.618. The zero-order valence-electron chi connectivity index (χ0n) is 15.5. The fourth-order valence-electron chi connectivity index (χ4n) is 3.49. The number of ketones is 1. The SMILES string of the molecule is CC(=O)c1cccc(OCCC2(C(C)(C)C)CNCCN2C(=O)O)c1. The largest absolute Gasteiger partial charge is 0.493 e. The lowest BCUT2D eigenvalue weighted by Crippen LogP contribution is -2.68. The van der Waals surface area contributed by atoms with Crippen molar-refractivity contribution in [3.8, 4) is 5.75 Å². The molecular weight excluding hydrogens is 320 g/mol. The maximum atomic E-state index is 11.8. The highest BCUT2D eigenvalue weighted by molar-refractivity contribution is 5.94. The summed E-state index contributed by atoms with van der Waals surface area (Å²) in [6.07, 6.45) is -0.324. The van der Waals surface area contributed by atoms with Gasteiger partial charge in [0.2, 0.25) is 0 Å². The van der Waals surface area contributed by atoms with Gasteiger partial charge in [-0.25, -0.2) is 4.79 Å². The Kier molecular flexibility index (Phi) is 5.72. The Bertz CT molecular complexity index is 639. The van der Waals surface area contributed by atoms with Crippen LogP contribution in [0.2, 0.25) is 0 Å². The number of carboxylic acid groups (broad SMARTS) is 1. The number of carbonyl (C=O) groups excluding carboxylic acids is 1. The van der Waals surface area contributed by atoms with Gasteiger partial charge < -0.3 is 15.2 Å². The van der Waals surface area contributed by atoms with Gasteiger partial charge in [-0.15, -0.1) is 0 Å². The van der Waals surface area contributed by atoms with E-state index in [9.17, 15) is 14.7 Å². The Balaban J connectivity index is 2.14. The highest BCUT2D eigenvalue weighted by Gasteiger charge is 2.50. The third-order valence-corrected chi connectivity index (χ3v) is 5.10. The number of benzene rings is 1. The van der Waals surface area contributed by atoms with Gasteiger partial charge in [0.25, 0.3) is 0 Å². The van der Waals surface area contributed by atoms with Crippen LogP contribution in [0, 0.1) is 5.41 Å². The number of hydrogen-bond donors (Lipinski definition) is 2. The van der Waals surface area contributed by atoms with E-state index in [1.54, 1.807) is 23.1 Å². The molecule has 1 aromatic rings. The summed E-state index contributed by atoms with van der Waals surface area (Å²) in [7, 11) is 0. The minimum absolute atomic E-state index is 0.00913. The molecule has 1 fully saturated rings. The molecule has 1 aromatic carbocycles. The van der Waals surface area contributed by atoms with Gasteiger partial charge in [-0.3, -0.25) is 9.69 Å². The van der Waals surface area contributed by atoms with E-state index >= 15 is 0 Å². The molecule has 0 aromatic heterocycles. The van der Waals surface area contributed by atoms with Gasteiger partial charge in [0.15, 0.2) is 5.78 Å². The Morgan fingerprint density at radius 3 is 2.68 bits per heavy atom. The first-order valence-electron chi connectivity index (χ1n) is 8.62. The quantitative estimate of drug-likeness (QED) is 0.800. The molecule has 1 heterocycles. The maximum absolute atomic E-state index is 11.8. The van der Waals surface area contributed by atoms with Crippen molar-refractivity contribution >= 4 is 11.9 Å². The van der Waals surface area contributed by atoms with Crippen LogP contribution in [0.5, 0.6) is 5.75 Å². The summed E-state index contributed by atoms with van der Waals surface area (Å²) in [4.78, 5) is 24.8. The van der Waals surface area contributed by atoms with E-state index in [1.807, 2.05) is 6.07 Å².